The van der Waals surface area contributed by atoms with E-state index in [-0.39, 0.29) is 5.97 Å². The van der Waals surface area contributed by atoms with E-state index in [1.165, 1.54) is 39.2 Å². The fourth-order valence-electron chi connectivity index (χ4n) is 3.18. The number of carbonyl (C=O) groups excluding carboxylic acids is 1. The number of rotatable bonds is 4. The van der Waals surface area contributed by atoms with Crippen LogP contribution in [0.5, 0.6) is 0 Å². The molecule has 3 N–H and O–H groups in total. The third kappa shape index (κ3) is 3.69. The molecule has 0 spiro atoms. The Labute approximate surface area is 127 Å². The predicted octanol–water partition coefficient (Wildman–Crippen LogP) is 3.74. The zero-order chi connectivity index (χ0) is 15.4. The Bertz CT molecular complexity index is 508. The standard InChI is InChI=1S/C17H26N2O2/c1-11-9-14(10-15(16(11)18)17(20)21-3)19-12(2)13-7-5-4-6-8-13/h9-10,12-13,19H,4-8,18H2,1-3H3. The van der Waals surface area contributed by atoms with E-state index < -0.39 is 0 Å². The SMILES string of the molecule is COC(=O)c1cc(NC(C)C2CCCCC2)cc(C)c1N. The van der Waals surface area contributed by atoms with Gasteiger partial charge in [-0.3, -0.25) is 0 Å². The average Bonchev–Trinajstić information content (AvgIpc) is 2.50. The lowest BCUT2D eigenvalue weighted by Crippen LogP contribution is -2.27. The maximum atomic E-state index is 11.8. The average molecular weight is 290 g/mol. The number of nitrogens with one attached hydrogen (secondary N) is 1. The van der Waals surface area contributed by atoms with Crippen molar-refractivity contribution in [3.8, 4) is 0 Å². The normalized spacial score (nSPS) is 17.3. The summed E-state index contributed by atoms with van der Waals surface area (Å²) in [5.41, 5.74) is 8.76. The Kier molecular flexibility index (Phi) is 5.10. The molecule has 0 aliphatic heterocycles. The lowest BCUT2D eigenvalue weighted by atomic mass is 9.84. The van der Waals surface area contributed by atoms with Crippen LogP contribution in [0, 0.1) is 12.8 Å². The number of nitrogens with two attached hydrogens (primary N) is 1. The first-order chi connectivity index (χ1) is 10.0. The molecule has 0 amide bonds. The number of benzene rings is 1. The molecular weight excluding hydrogens is 264 g/mol. The van der Waals surface area contributed by atoms with Gasteiger partial charge in [-0.25, -0.2) is 4.79 Å². The Balaban J connectivity index is 2.15. The molecule has 0 radical (unpaired) electrons. The Morgan fingerprint density at radius 3 is 2.62 bits per heavy atom. The van der Waals surface area contributed by atoms with Crippen molar-refractivity contribution in [2.24, 2.45) is 5.92 Å². The van der Waals surface area contributed by atoms with Crippen LogP contribution >= 0.6 is 0 Å². The first-order valence-electron chi connectivity index (χ1n) is 7.78. The molecular formula is C17H26N2O2. The van der Waals surface area contributed by atoms with Crippen LogP contribution in [0.3, 0.4) is 0 Å². The third-order valence-corrected chi connectivity index (χ3v) is 4.54. The van der Waals surface area contributed by atoms with E-state index in [2.05, 4.69) is 12.2 Å². The summed E-state index contributed by atoms with van der Waals surface area (Å²) >= 11 is 0. The van der Waals surface area contributed by atoms with Gasteiger partial charge in [-0.2, -0.15) is 0 Å². The number of ether oxygens (including phenoxy) is 1. The molecule has 0 heterocycles. The summed E-state index contributed by atoms with van der Waals surface area (Å²) in [5, 5.41) is 3.54. The quantitative estimate of drug-likeness (QED) is 0.655. The van der Waals surface area contributed by atoms with E-state index >= 15 is 0 Å². The lowest BCUT2D eigenvalue weighted by molar-refractivity contribution is 0.0602. The summed E-state index contributed by atoms with van der Waals surface area (Å²) < 4.78 is 4.80. The van der Waals surface area contributed by atoms with Gasteiger partial charge < -0.3 is 15.8 Å². The highest BCUT2D eigenvalue weighted by Gasteiger charge is 2.21. The summed E-state index contributed by atoms with van der Waals surface area (Å²) in [6.45, 7) is 4.14. The Morgan fingerprint density at radius 1 is 1.33 bits per heavy atom. The molecule has 2 rings (SSSR count). The minimum atomic E-state index is -0.385. The topological polar surface area (TPSA) is 64.3 Å². The van der Waals surface area contributed by atoms with Gasteiger partial charge in [0.15, 0.2) is 0 Å². The molecule has 116 valence electrons. The van der Waals surface area contributed by atoms with Gasteiger partial charge in [0.25, 0.3) is 0 Å². The third-order valence-electron chi connectivity index (χ3n) is 4.54. The molecule has 0 bridgehead atoms. The summed E-state index contributed by atoms with van der Waals surface area (Å²) in [7, 11) is 1.38. The summed E-state index contributed by atoms with van der Waals surface area (Å²) in [4.78, 5) is 11.8. The van der Waals surface area contributed by atoms with Crippen LogP contribution in [-0.2, 0) is 4.74 Å². The number of anilines is 2. The Morgan fingerprint density at radius 2 is 2.00 bits per heavy atom. The molecule has 21 heavy (non-hydrogen) atoms. The number of hydrogen-bond acceptors (Lipinski definition) is 4. The maximum absolute atomic E-state index is 11.8. The molecule has 1 aliphatic carbocycles. The number of carbonyl (C=O) groups is 1. The largest absolute Gasteiger partial charge is 0.465 e. The van der Waals surface area contributed by atoms with Crippen molar-refractivity contribution < 1.29 is 9.53 Å². The molecule has 1 aromatic carbocycles. The molecule has 1 aromatic rings. The second-order valence-electron chi connectivity index (χ2n) is 6.08. The predicted molar refractivity (Wildman–Crippen MR) is 86.6 cm³/mol. The van der Waals surface area contributed by atoms with Crippen LogP contribution in [-0.4, -0.2) is 19.1 Å². The van der Waals surface area contributed by atoms with Crippen molar-refractivity contribution in [3.05, 3.63) is 23.3 Å². The minimum Gasteiger partial charge on any atom is -0.465 e. The van der Waals surface area contributed by atoms with Crippen LogP contribution < -0.4 is 11.1 Å². The van der Waals surface area contributed by atoms with Crippen LogP contribution in [0.1, 0.15) is 54.9 Å². The highest BCUT2D eigenvalue weighted by Crippen LogP contribution is 2.29. The highest BCUT2D eigenvalue weighted by atomic mass is 16.5. The number of esters is 1. The van der Waals surface area contributed by atoms with E-state index in [1.54, 1.807) is 6.07 Å². The van der Waals surface area contributed by atoms with Crippen molar-refractivity contribution in [3.63, 3.8) is 0 Å². The maximum Gasteiger partial charge on any atom is 0.340 e. The van der Waals surface area contributed by atoms with Gasteiger partial charge in [0.1, 0.15) is 0 Å². The highest BCUT2D eigenvalue weighted by molar-refractivity contribution is 5.97. The molecule has 1 unspecified atom stereocenters. The van der Waals surface area contributed by atoms with E-state index in [1.807, 2.05) is 13.0 Å². The Hall–Kier alpha value is -1.71. The van der Waals surface area contributed by atoms with Crippen LogP contribution in [0.25, 0.3) is 0 Å². The van der Waals surface area contributed by atoms with Gasteiger partial charge >= 0.3 is 5.97 Å². The van der Waals surface area contributed by atoms with E-state index in [4.69, 9.17) is 10.5 Å². The second-order valence-corrected chi connectivity index (χ2v) is 6.08. The summed E-state index contributed by atoms with van der Waals surface area (Å²) in [5.74, 6) is 0.322. The van der Waals surface area contributed by atoms with Crippen molar-refractivity contribution in [1.29, 1.82) is 0 Å². The molecule has 0 saturated heterocycles. The van der Waals surface area contributed by atoms with E-state index in [9.17, 15) is 4.79 Å². The van der Waals surface area contributed by atoms with Crippen LogP contribution in [0.15, 0.2) is 12.1 Å². The van der Waals surface area contributed by atoms with Gasteiger partial charge in [-0.05, 0) is 50.3 Å². The molecule has 4 heteroatoms. The fourth-order valence-corrected chi connectivity index (χ4v) is 3.18. The number of aryl methyl sites for hydroxylation is 1. The number of methoxy groups -OCH3 is 1. The number of hydrogen-bond donors (Lipinski definition) is 2. The molecule has 0 aromatic heterocycles. The van der Waals surface area contributed by atoms with Gasteiger partial charge in [0.2, 0.25) is 0 Å². The fraction of sp³-hybridized carbons (Fsp3) is 0.588. The number of nitrogen functional groups attached to an aromatic ring is 1. The zero-order valence-corrected chi connectivity index (χ0v) is 13.2. The van der Waals surface area contributed by atoms with Crippen molar-refractivity contribution in [2.75, 3.05) is 18.2 Å². The molecule has 1 aliphatic rings. The van der Waals surface area contributed by atoms with Crippen molar-refractivity contribution in [2.45, 2.75) is 52.0 Å². The lowest BCUT2D eigenvalue weighted by Gasteiger charge is -2.29. The van der Waals surface area contributed by atoms with Crippen LogP contribution in [0.2, 0.25) is 0 Å². The summed E-state index contributed by atoms with van der Waals surface area (Å²) in [6.07, 6.45) is 6.57. The minimum absolute atomic E-state index is 0.385. The molecule has 1 saturated carbocycles. The van der Waals surface area contributed by atoms with Crippen molar-refractivity contribution in [1.82, 2.24) is 0 Å². The first-order valence-corrected chi connectivity index (χ1v) is 7.78. The van der Waals surface area contributed by atoms with Gasteiger partial charge in [-0.1, -0.05) is 19.3 Å². The van der Waals surface area contributed by atoms with E-state index in [0.29, 0.717) is 23.2 Å². The zero-order valence-electron chi connectivity index (χ0n) is 13.2. The molecule has 4 nitrogen and oxygen atoms in total. The van der Waals surface area contributed by atoms with Gasteiger partial charge in [-0.15, -0.1) is 0 Å². The second kappa shape index (κ2) is 6.83. The molecule has 1 atom stereocenters. The van der Waals surface area contributed by atoms with Crippen LogP contribution in [0.4, 0.5) is 11.4 Å². The van der Waals surface area contributed by atoms with Gasteiger partial charge in [0.05, 0.1) is 12.7 Å². The first kappa shape index (κ1) is 15.7. The van der Waals surface area contributed by atoms with E-state index in [0.717, 1.165) is 11.3 Å². The smallest absolute Gasteiger partial charge is 0.340 e. The summed E-state index contributed by atoms with van der Waals surface area (Å²) in [6, 6.07) is 4.20. The monoisotopic (exact) mass is 290 g/mol. The molecule has 1 fully saturated rings. The van der Waals surface area contributed by atoms with Crippen molar-refractivity contribution >= 4 is 17.3 Å². The van der Waals surface area contributed by atoms with Gasteiger partial charge in [0, 0.05) is 17.4 Å².